The van der Waals surface area contributed by atoms with Gasteiger partial charge in [0, 0.05) is 36.9 Å². The second-order valence-corrected chi connectivity index (χ2v) is 7.06. The number of amides is 2. The Kier molecular flexibility index (Phi) is 4.92. The van der Waals surface area contributed by atoms with Crippen LogP contribution in [0, 0.1) is 6.92 Å². The van der Waals surface area contributed by atoms with Gasteiger partial charge in [-0.25, -0.2) is 4.68 Å². The quantitative estimate of drug-likeness (QED) is 0.679. The number of carbonyl (C=O) groups is 2. The minimum Gasteiger partial charge on any atom is -0.459 e. The number of aryl methyl sites for hydroxylation is 1. The van der Waals surface area contributed by atoms with E-state index < -0.39 is 0 Å². The number of aromatic nitrogens is 2. The van der Waals surface area contributed by atoms with Gasteiger partial charge in [-0.3, -0.25) is 9.59 Å². The number of hydrogen-bond donors (Lipinski definition) is 0. The van der Waals surface area contributed by atoms with E-state index in [0.717, 1.165) is 11.4 Å². The maximum Gasteiger partial charge on any atom is 0.289 e. The number of benzene rings is 1. The molecule has 0 saturated carbocycles. The summed E-state index contributed by atoms with van der Waals surface area (Å²) in [6, 6.07) is 12.4. The number of furan rings is 1. The van der Waals surface area contributed by atoms with Crippen LogP contribution in [0.15, 0.2) is 53.1 Å². The largest absolute Gasteiger partial charge is 0.459 e. The molecule has 0 aliphatic carbocycles. The summed E-state index contributed by atoms with van der Waals surface area (Å²) >= 11 is 6.06. The predicted molar refractivity (Wildman–Crippen MR) is 104 cm³/mol. The highest BCUT2D eigenvalue weighted by Crippen LogP contribution is 2.18. The molecule has 1 aromatic carbocycles. The lowest BCUT2D eigenvalue weighted by molar-refractivity contribution is 0.0515. The lowest BCUT2D eigenvalue weighted by Crippen LogP contribution is -2.50. The molecule has 0 unspecified atom stereocenters. The van der Waals surface area contributed by atoms with Crippen LogP contribution < -0.4 is 0 Å². The number of piperazine rings is 1. The van der Waals surface area contributed by atoms with Crippen LogP contribution in [0.4, 0.5) is 0 Å². The van der Waals surface area contributed by atoms with E-state index in [9.17, 15) is 9.59 Å². The minimum absolute atomic E-state index is 0.144. The average molecular weight is 399 g/mol. The van der Waals surface area contributed by atoms with Gasteiger partial charge >= 0.3 is 0 Å². The summed E-state index contributed by atoms with van der Waals surface area (Å²) in [5.74, 6) is 0.0165. The number of carbonyl (C=O) groups excluding carboxylic acids is 2. The Morgan fingerprint density at radius 1 is 1.00 bits per heavy atom. The maximum atomic E-state index is 12.9. The molecule has 144 valence electrons. The van der Waals surface area contributed by atoms with Crippen molar-refractivity contribution in [3.05, 3.63) is 70.9 Å². The Hall–Kier alpha value is -3.06. The molecule has 7 nitrogen and oxygen atoms in total. The van der Waals surface area contributed by atoms with Crippen molar-refractivity contribution in [2.24, 2.45) is 0 Å². The van der Waals surface area contributed by atoms with E-state index in [1.807, 2.05) is 19.1 Å². The summed E-state index contributed by atoms with van der Waals surface area (Å²) in [6.07, 6.45) is 1.48. The van der Waals surface area contributed by atoms with Crippen molar-refractivity contribution in [2.45, 2.75) is 6.92 Å². The van der Waals surface area contributed by atoms with Crippen molar-refractivity contribution in [1.82, 2.24) is 19.6 Å². The molecule has 1 aliphatic rings. The lowest BCUT2D eigenvalue weighted by Gasteiger charge is -2.33. The van der Waals surface area contributed by atoms with Crippen LogP contribution in [-0.4, -0.2) is 57.6 Å². The molecular formula is C20H19ClN4O3. The number of nitrogens with zero attached hydrogens (tertiary/aromatic N) is 4. The van der Waals surface area contributed by atoms with Gasteiger partial charge < -0.3 is 14.2 Å². The van der Waals surface area contributed by atoms with E-state index in [4.69, 9.17) is 16.0 Å². The molecule has 4 rings (SSSR count). The minimum atomic E-state index is -0.154. The molecule has 3 heterocycles. The molecule has 28 heavy (non-hydrogen) atoms. The Balaban J connectivity index is 1.45. The molecule has 1 fully saturated rings. The first-order chi connectivity index (χ1) is 13.5. The van der Waals surface area contributed by atoms with Crippen molar-refractivity contribution in [3.63, 3.8) is 0 Å². The van der Waals surface area contributed by atoms with Crippen LogP contribution in [0.3, 0.4) is 0 Å². The molecule has 2 aromatic heterocycles. The van der Waals surface area contributed by atoms with Crippen molar-refractivity contribution in [3.8, 4) is 5.69 Å². The topological polar surface area (TPSA) is 71.6 Å². The predicted octanol–water partition coefficient (Wildman–Crippen LogP) is 3.03. The summed E-state index contributed by atoms with van der Waals surface area (Å²) in [4.78, 5) is 28.6. The highest BCUT2D eigenvalue weighted by Gasteiger charge is 2.28. The number of halogens is 1. The lowest BCUT2D eigenvalue weighted by atomic mass is 10.2. The maximum absolute atomic E-state index is 12.9. The van der Waals surface area contributed by atoms with Crippen LogP contribution in [0.2, 0.25) is 5.02 Å². The van der Waals surface area contributed by atoms with Crippen molar-refractivity contribution >= 4 is 23.4 Å². The van der Waals surface area contributed by atoms with Crippen LogP contribution in [0.5, 0.6) is 0 Å². The van der Waals surface area contributed by atoms with E-state index in [1.54, 1.807) is 44.8 Å². The molecule has 8 heteroatoms. The van der Waals surface area contributed by atoms with Crippen molar-refractivity contribution < 1.29 is 14.0 Å². The molecule has 0 N–H and O–H groups in total. The zero-order valence-corrected chi connectivity index (χ0v) is 16.1. The molecule has 2 amide bonds. The molecule has 1 saturated heterocycles. The summed E-state index contributed by atoms with van der Waals surface area (Å²) in [5.41, 5.74) is 2.03. The van der Waals surface area contributed by atoms with Gasteiger partial charge in [-0.15, -0.1) is 0 Å². The van der Waals surface area contributed by atoms with Gasteiger partial charge in [0.15, 0.2) is 11.5 Å². The smallest absolute Gasteiger partial charge is 0.289 e. The fourth-order valence-electron chi connectivity index (χ4n) is 3.28. The third kappa shape index (κ3) is 3.53. The van der Waals surface area contributed by atoms with Gasteiger partial charge in [0.1, 0.15) is 0 Å². The van der Waals surface area contributed by atoms with E-state index in [0.29, 0.717) is 42.7 Å². The van der Waals surface area contributed by atoms with E-state index in [-0.39, 0.29) is 11.8 Å². The molecule has 0 atom stereocenters. The number of hydrogen-bond acceptors (Lipinski definition) is 4. The van der Waals surface area contributed by atoms with Crippen LogP contribution >= 0.6 is 11.6 Å². The van der Waals surface area contributed by atoms with Gasteiger partial charge in [0.05, 0.1) is 12.0 Å². The summed E-state index contributed by atoms with van der Waals surface area (Å²) in [6.45, 7) is 3.71. The van der Waals surface area contributed by atoms with Crippen LogP contribution in [-0.2, 0) is 0 Å². The van der Waals surface area contributed by atoms with E-state index >= 15 is 0 Å². The third-order valence-electron chi connectivity index (χ3n) is 4.75. The van der Waals surface area contributed by atoms with Crippen LogP contribution in [0.1, 0.15) is 26.7 Å². The van der Waals surface area contributed by atoms with Gasteiger partial charge in [0.25, 0.3) is 11.8 Å². The highest BCUT2D eigenvalue weighted by atomic mass is 35.5. The third-order valence-corrected chi connectivity index (χ3v) is 4.98. The normalized spacial score (nSPS) is 14.4. The average Bonchev–Trinajstić information content (AvgIpc) is 3.37. The van der Waals surface area contributed by atoms with Gasteiger partial charge in [-0.1, -0.05) is 17.7 Å². The van der Waals surface area contributed by atoms with Crippen LogP contribution in [0.25, 0.3) is 5.69 Å². The highest BCUT2D eigenvalue weighted by molar-refractivity contribution is 6.30. The zero-order chi connectivity index (χ0) is 19.7. The van der Waals surface area contributed by atoms with Crippen molar-refractivity contribution in [1.29, 1.82) is 0 Å². The molecular weight excluding hydrogens is 380 g/mol. The van der Waals surface area contributed by atoms with E-state index in [2.05, 4.69) is 5.10 Å². The Morgan fingerprint density at radius 2 is 1.71 bits per heavy atom. The zero-order valence-electron chi connectivity index (χ0n) is 15.3. The first-order valence-corrected chi connectivity index (χ1v) is 9.35. The standard InChI is InChI=1S/C20H19ClN4O3/c1-14-12-17(22-25(14)16-5-2-4-15(21)13-16)19(26)23-7-9-24(10-8-23)20(27)18-6-3-11-28-18/h2-6,11-13H,7-10H2,1H3. The summed E-state index contributed by atoms with van der Waals surface area (Å²) < 4.78 is 6.87. The molecule has 1 aliphatic heterocycles. The Bertz CT molecular complexity index is 1000. The van der Waals surface area contributed by atoms with Crippen molar-refractivity contribution in [2.75, 3.05) is 26.2 Å². The first-order valence-electron chi connectivity index (χ1n) is 8.97. The molecule has 0 spiro atoms. The summed E-state index contributed by atoms with van der Waals surface area (Å²) in [5, 5.41) is 5.07. The Morgan fingerprint density at radius 3 is 2.36 bits per heavy atom. The fraction of sp³-hybridized carbons (Fsp3) is 0.250. The molecule has 0 bridgehead atoms. The second kappa shape index (κ2) is 7.52. The van der Waals surface area contributed by atoms with Gasteiger partial charge in [-0.2, -0.15) is 5.10 Å². The SMILES string of the molecule is Cc1cc(C(=O)N2CCN(C(=O)c3ccco3)CC2)nn1-c1cccc(Cl)c1. The fourth-order valence-corrected chi connectivity index (χ4v) is 3.46. The van der Waals surface area contributed by atoms with Gasteiger partial charge in [0.2, 0.25) is 0 Å². The summed E-state index contributed by atoms with van der Waals surface area (Å²) in [7, 11) is 0. The van der Waals surface area contributed by atoms with Gasteiger partial charge in [-0.05, 0) is 43.3 Å². The Labute approximate surface area is 167 Å². The monoisotopic (exact) mass is 398 g/mol. The number of rotatable bonds is 3. The second-order valence-electron chi connectivity index (χ2n) is 6.62. The molecule has 0 radical (unpaired) electrons. The van der Waals surface area contributed by atoms with E-state index in [1.165, 1.54) is 6.26 Å². The first kappa shape index (κ1) is 18.3. The molecule has 3 aromatic rings.